The van der Waals surface area contributed by atoms with Crippen molar-refractivity contribution in [2.45, 2.75) is 31.7 Å². The standard InChI is InChI=1S/C14H30N4/c1-16-7-3-2-4-14(16)5-8-17-10-12-18(9-6-15)13-11-17/h14H,2-13,15H2,1H3. The van der Waals surface area contributed by atoms with Crippen LogP contribution in [0.2, 0.25) is 0 Å². The quantitative estimate of drug-likeness (QED) is 0.772. The Morgan fingerprint density at radius 1 is 0.944 bits per heavy atom. The van der Waals surface area contributed by atoms with E-state index in [2.05, 4.69) is 21.7 Å². The molecule has 0 aliphatic carbocycles. The van der Waals surface area contributed by atoms with Gasteiger partial charge < -0.3 is 15.5 Å². The zero-order valence-electron chi connectivity index (χ0n) is 12.0. The van der Waals surface area contributed by atoms with Gasteiger partial charge in [-0.2, -0.15) is 0 Å². The largest absolute Gasteiger partial charge is 0.329 e. The van der Waals surface area contributed by atoms with E-state index in [9.17, 15) is 0 Å². The van der Waals surface area contributed by atoms with Crippen molar-refractivity contribution in [3.05, 3.63) is 0 Å². The van der Waals surface area contributed by atoms with E-state index in [1.54, 1.807) is 0 Å². The molecule has 2 rings (SSSR count). The van der Waals surface area contributed by atoms with Crippen molar-refractivity contribution < 1.29 is 0 Å². The first-order valence-corrected chi connectivity index (χ1v) is 7.64. The Morgan fingerprint density at radius 2 is 1.61 bits per heavy atom. The molecule has 2 heterocycles. The van der Waals surface area contributed by atoms with Gasteiger partial charge in [0.15, 0.2) is 0 Å². The van der Waals surface area contributed by atoms with Crippen LogP contribution in [0.1, 0.15) is 25.7 Å². The molecule has 4 nitrogen and oxygen atoms in total. The van der Waals surface area contributed by atoms with Crippen molar-refractivity contribution in [1.82, 2.24) is 14.7 Å². The molecule has 0 aromatic heterocycles. The molecule has 2 aliphatic rings. The van der Waals surface area contributed by atoms with Gasteiger partial charge in [0.1, 0.15) is 0 Å². The summed E-state index contributed by atoms with van der Waals surface area (Å²) < 4.78 is 0. The first-order chi connectivity index (χ1) is 8.79. The molecule has 0 saturated carbocycles. The van der Waals surface area contributed by atoms with Crippen LogP contribution in [0.25, 0.3) is 0 Å². The van der Waals surface area contributed by atoms with Gasteiger partial charge >= 0.3 is 0 Å². The van der Waals surface area contributed by atoms with Crippen LogP contribution in [0, 0.1) is 0 Å². The molecule has 0 aromatic carbocycles. The number of hydrogen-bond donors (Lipinski definition) is 1. The van der Waals surface area contributed by atoms with Crippen LogP contribution in [0.15, 0.2) is 0 Å². The van der Waals surface area contributed by atoms with E-state index < -0.39 is 0 Å². The Morgan fingerprint density at radius 3 is 2.22 bits per heavy atom. The minimum atomic E-state index is 0.798. The molecule has 1 unspecified atom stereocenters. The highest BCUT2D eigenvalue weighted by molar-refractivity contribution is 4.78. The van der Waals surface area contributed by atoms with Gasteiger partial charge in [0.25, 0.3) is 0 Å². The predicted molar refractivity (Wildman–Crippen MR) is 76.8 cm³/mol. The van der Waals surface area contributed by atoms with Gasteiger partial charge in [-0.15, -0.1) is 0 Å². The first-order valence-electron chi connectivity index (χ1n) is 7.64. The van der Waals surface area contributed by atoms with Gasteiger partial charge in [0, 0.05) is 45.3 Å². The summed E-state index contributed by atoms with van der Waals surface area (Å²) >= 11 is 0. The number of piperazine rings is 1. The Labute approximate surface area is 112 Å². The summed E-state index contributed by atoms with van der Waals surface area (Å²) in [5.41, 5.74) is 5.60. The van der Waals surface area contributed by atoms with Crippen LogP contribution in [-0.4, -0.2) is 80.1 Å². The van der Waals surface area contributed by atoms with E-state index in [1.165, 1.54) is 65.0 Å². The molecule has 0 spiro atoms. The monoisotopic (exact) mass is 254 g/mol. The summed E-state index contributed by atoms with van der Waals surface area (Å²) in [5, 5.41) is 0. The van der Waals surface area contributed by atoms with Gasteiger partial charge in [0.05, 0.1) is 0 Å². The molecule has 0 bridgehead atoms. The van der Waals surface area contributed by atoms with E-state index in [0.717, 1.165) is 19.1 Å². The van der Waals surface area contributed by atoms with Crippen LogP contribution in [0.5, 0.6) is 0 Å². The van der Waals surface area contributed by atoms with Gasteiger partial charge in [-0.3, -0.25) is 4.90 Å². The maximum absolute atomic E-state index is 5.60. The molecule has 2 fully saturated rings. The molecule has 4 heteroatoms. The molecule has 2 saturated heterocycles. The number of hydrogen-bond acceptors (Lipinski definition) is 4. The predicted octanol–water partition coefficient (Wildman–Crippen LogP) is 0.437. The fourth-order valence-electron chi connectivity index (χ4n) is 3.26. The molecule has 106 valence electrons. The Kier molecular flexibility index (Phi) is 5.89. The van der Waals surface area contributed by atoms with Gasteiger partial charge in [-0.1, -0.05) is 6.42 Å². The van der Waals surface area contributed by atoms with Crippen molar-refractivity contribution in [3.63, 3.8) is 0 Å². The zero-order valence-corrected chi connectivity index (χ0v) is 12.0. The van der Waals surface area contributed by atoms with Gasteiger partial charge in [-0.05, 0) is 39.4 Å². The van der Waals surface area contributed by atoms with E-state index in [1.807, 2.05) is 0 Å². The third-order valence-electron chi connectivity index (χ3n) is 4.61. The van der Waals surface area contributed by atoms with Gasteiger partial charge in [-0.25, -0.2) is 0 Å². The Hall–Kier alpha value is -0.160. The highest BCUT2D eigenvalue weighted by Crippen LogP contribution is 2.18. The van der Waals surface area contributed by atoms with Crippen molar-refractivity contribution in [2.75, 3.05) is 59.4 Å². The molecular formula is C14H30N4. The number of rotatable bonds is 5. The van der Waals surface area contributed by atoms with Crippen LogP contribution in [0.3, 0.4) is 0 Å². The fraction of sp³-hybridized carbons (Fsp3) is 1.00. The lowest BCUT2D eigenvalue weighted by Crippen LogP contribution is -2.49. The lowest BCUT2D eigenvalue weighted by Gasteiger charge is -2.37. The summed E-state index contributed by atoms with van der Waals surface area (Å²) in [4.78, 5) is 7.69. The highest BCUT2D eigenvalue weighted by Gasteiger charge is 2.21. The smallest absolute Gasteiger partial charge is 0.0110 e. The lowest BCUT2D eigenvalue weighted by molar-refractivity contribution is 0.111. The third kappa shape index (κ3) is 4.19. The molecule has 0 radical (unpaired) electrons. The Bertz CT molecular complexity index is 226. The lowest BCUT2D eigenvalue weighted by atomic mass is 10.00. The third-order valence-corrected chi connectivity index (χ3v) is 4.61. The molecule has 2 aliphatic heterocycles. The fourth-order valence-corrected chi connectivity index (χ4v) is 3.26. The van der Waals surface area contributed by atoms with E-state index in [4.69, 9.17) is 5.73 Å². The topological polar surface area (TPSA) is 35.7 Å². The molecule has 0 aromatic rings. The number of nitrogens with two attached hydrogens (primary N) is 1. The Balaban J connectivity index is 1.62. The van der Waals surface area contributed by atoms with E-state index >= 15 is 0 Å². The normalized spacial score (nSPS) is 28.7. The summed E-state index contributed by atoms with van der Waals surface area (Å²) in [6, 6.07) is 0.834. The second-order valence-electron chi connectivity index (χ2n) is 5.89. The molecule has 0 amide bonds. The maximum Gasteiger partial charge on any atom is 0.0110 e. The molecule has 2 N–H and O–H groups in total. The molecule has 1 atom stereocenters. The summed E-state index contributed by atoms with van der Waals surface area (Å²) in [7, 11) is 2.29. The number of piperidine rings is 1. The number of likely N-dealkylation sites (tertiary alicyclic amines) is 1. The van der Waals surface area contributed by atoms with Crippen LogP contribution >= 0.6 is 0 Å². The summed E-state index contributed by atoms with van der Waals surface area (Å²) in [6.45, 7) is 9.33. The van der Waals surface area contributed by atoms with Crippen molar-refractivity contribution >= 4 is 0 Å². The van der Waals surface area contributed by atoms with Crippen molar-refractivity contribution in [3.8, 4) is 0 Å². The van der Waals surface area contributed by atoms with Gasteiger partial charge in [0.2, 0.25) is 0 Å². The molecule has 18 heavy (non-hydrogen) atoms. The average Bonchev–Trinajstić information content (AvgIpc) is 2.40. The first kappa shape index (κ1) is 14.3. The van der Waals surface area contributed by atoms with Crippen molar-refractivity contribution in [2.24, 2.45) is 5.73 Å². The van der Waals surface area contributed by atoms with Crippen LogP contribution < -0.4 is 5.73 Å². The highest BCUT2D eigenvalue weighted by atomic mass is 15.3. The average molecular weight is 254 g/mol. The second-order valence-corrected chi connectivity index (χ2v) is 5.89. The second kappa shape index (κ2) is 7.43. The van der Waals surface area contributed by atoms with Crippen molar-refractivity contribution in [1.29, 1.82) is 0 Å². The van der Waals surface area contributed by atoms with Crippen LogP contribution in [0.4, 0.5) is 0 Å². The number of nitrogens with zero attached hydrogens (tertiary/aromatic N) is 3. The summed E-state index contributed by atoms with van der Waals surface area (Å²) in [6.07, 6.45) is 5.58. The van der Waals surface area contributed by atoms with Crippen LogP contribution in [-0.2, 0) is 0 Å². The minimum Gasteiger partial charge on any atom is -0.329 e. The zero-order chi connectivity index (χ0) is 12.8. The minimum absolute atomic E-state index is 0.798. The van der Waals surface area contributed by atoms with E-state index in [-0.39, 0.29) is 0 Å². The SMILES string of the molecule is CN1CCCCC1CCN1CCN(CCN)CC1. The summed E-state index contributed by atoms with van der Waals surface area (Å²) in [5.74, 6) is 0. The molecular weight excluding hydrogens is 224 g/mol. The maximum atomic E-state index is 5.60. The van der Waals surface area contributed by atoms with E-state index in [0.29, 0.717) is 0 Å².